The Morgan fingerprint density at radius 1 is 0.923 bits per heavy atom. The summed E-state index contributed by atoms with van der Waals surface area (Å²) in [5, 5.41) is 2.78. The van der Waals surface area contributed by atoms with Crippen molar-refractivity contribution in [2.24, 2.45) is 0 Å². The van der Waals surface area contributed by atoms with E-state index in [0.29, 0.717) is 34.5 Å². The maximum absolute atomic E-state index is 13.1. The first-order valence-corrected chi connectivity index (χ1v) is 13.9. The van der Waals surface area contributed by atoms with Crippen LogP contribution in [0.25, 0.3) is 0 Å². The summed E-state index contributed by atoms with van der Waals surface area (Å²) in [6.45, 7) is 0.398. The highest BCUT2D eigenvalue weighted by atomic mass is 79.9. The summed E-state index contributed by atoms with van der Waals surface area (Å²) < 4.78 is 44.8. The van der Waals surface area contributed by atoms with Gasteiger partial charge >= 0.3 is 6.01 Å². The number of carbonyl (C=O) groups excluding carboxylic acids is 1. The topological polar surface area (TPSA) is 129 Å². The molecule has 0 aliphatic carbocycles. The molecule has 1 amide bonds. The van der Waals surface area contributed by atoms with Crippen molar-refractivity contribution in [2.45, 2.75) is 11.3 Å². The Labute approximate surface area is 234 Å². The van der Waals surface area contributed by atoms with Gasteiger partial charge in [-0.15, -0.1) is 0 Å². The van der Waals surface area contributed by atoms with Gasteiger partial charge in [-0.05, 0) is 48.0 Å². The third-order valence-corrected chi connectivity index (χ3v) is 7.28. The maximum atomic E-state index is 13.1. The predicted octanol–water partition coefficient (Wildman–Crippen LogP) is 4.93. The molecule has 0 spiro atoms. The fourth-order valence-electron chi connectivity index (χ4n) is 3.49. The average molecular weight is 613 g/mol. The predicted molar refractivity (Wildman–Crippen MR) is 150 cm³/mol. The Hall–Kier alpha value is -4.16. The largest absolute Gasteiger partial charge is 0.492 e. The molecule has 0 aliphatic rings. The summed E-state index contributed by atoms with van der Waals surface area (Å²) in [6.07, 6.45) is 0.691. The fourth-order valence-corrected chi connectivity index (χ4v) is 4.85. The number of hydrogen-bond donors (Lipinski definition) is 2. The number of hydrogen-bond acceptors (Lipinski definition) is 8. The molecule has 2 N–H and O–H groups in total. The number of benzene rings is 3. The van der Waals surface area contributed by atoms with Crippen LogP contribution in [0.5, 0.6) is 17.6 Å². The second-order valence-corrected chi connectivity index (χ2v) is 10.7. The molecular weight excluding hydrogens is 588 g/mol. The highest BCUT2D eigenvalue weighted by molar-refractivity contribution is 9.10. The highest BCUT2D eigenvalue weighted by Gasteiger charge is 2.18. The van der Waals surface area contributed by atoms with Gasteiger partial charge in [0.1, 0.15) is 5.75 Å². The molecule has 4 aromatic rings. The maximum Gasteiger partial charge on any atom is 0.321 e. The zero-order valence-corrected chi connectivity index (χ0v) is 23.5. The first-order valence-electron chi connectivity index (χ1n) is 11.6. The first-order chi connectivity index (χ1) is 18.8. The average Bonchev–Trinajstić information content (AvgIpc) is 2.94. The molecule has 10 nitrogen and oxygen atoms in total. The number of aromatic nitrogens is 2. The van der Waals surface area contributed by atoms with Crippen LogP contribution in [0.4, 0.5) is 11.5 Å². The van der Waals surface area contributed by atoms with Crippen molar-refractivity contribution in [1.29, 1.82) is 0 Å². The molecule has 3 aromatic carbocycles. The molecule has 0 radical (unpaired) electrons. The van der Waals surface area contributed by atoms with Crippen molar-refractivity contribution in [3.63, 3.8) is 0 Å². The number of carbonyl (C=O) groups is 1. The number of ether oxygens (including phenoxy) is 3. The van der Waals surface area contributed by atoms with Crippen molar-refractivity contribution in [3.8, 4) is 17.6 Å². The van der Waals surface area contributed by atoms with Gasteiger partial charge < -0.3 is 19.5 Å². The van der Waals surface area contributed by atoms with E-state index >= 15 is 0 Å². The Morgan fingerprint density at radius 2 is 1.67 bits per heavy atom. The zero-order chi connectivity index (χ0) is 27.8. The molecule has 1 heterocycles. The minimum Gasteiger partial charge on any atom is -0.492 e. The van der Waals surface area contributed by atoms with E-state index in [4.69, 9.17) is 14.2 Å². The van der Waals surface area contributed by atoms with Crippen LogP contribution in [-0.2, 0) is 16.4 Å². The van der Waals surface area contributed by atoms with E-state index in [1.807, 2.05) is 30.3 Å². The molecule has 4 rings (SSSR count). The molecule has 0 saturated heterocycles. The molecule has 0 fully saturated rings. The van der Waals surface area contributed by atoms with Gasteiger partial charge in [0.15, 0.2) is 5.82 Å². The second kappa shape index (κ2) is 12.6. The molecule has 0 aliphatic heterocycles. The number of nitrogens with one attached hydrogen (secondary N) is 2. The Bertz CT molecular complexity index is 1530. The number of nitrogens with zero attached hydrogens (tertiary/aromatic N) is 2. The summed E-state index contributed by atoms with van der Waals surface area (Å²) >= 11 is 3.40. The van der Waals surface area contributed by atoms with Crippen LogP contribution >= 0.6 is 15.9 Å². The Morgan fingerprint density at radius 3 is 2.36 bits per heavy atom. The third-order valence-electron chi connectivity index (χ3n) is 5.41. The number of sulfonamides is 1. The third kappa shape index (κ3) is 7.45. The van der Waals surface area contributed by atoms with E-state index in [-0.39, 0.29) is 22.6 Å². The lowest BCUT2D eigenvalue weighted by Crippen LogP contribution is -2.16. The molecule has 0 unspecified atom stereocenters. The number of anilines is 2. The van der Waals surface area contributed by atoms with Gasteiger partial charge in [-0.3, -0.25) is 9.52 Å². The van der Waals surface area contributed by atoms with Crippen LogP contribution in [-0.4, -0.2) is 45.1 Å². The number of rotatable bonds is 11. The van der Waals surface area contributed by atoms with E-state index in [0.717, 1.165) is 5.56 Å². The summed E-state index contributed by atoms with van der Waals surface area (Å²) in [4.78, 5) is 21.0. The van der Waals surface area contributed by atoms with Crippen LogP contribution in [0.3, 0.4) is 0 Å². The van der Waals surface area contributed by atoms with E-state index < -0.39 is 15.9 Å². The second-order valence-electron chi connectivity index (χ2n) is 8.09. The van der Waals surface area contributed by atoms with Crippen molar-refractivity contribution in [2.75, 3.05) is 30.9 Å². The molecule has 0 bridgehead atoms. The van der Waals surface area contributed by atoms with Crippen LogP contribution in [0.2, 0.25) is 0 Å². The lowest BCUT2D eigenvalue weighted by atomic mass is 10.1. The van der Waals surface area contributed by atoms with Gasteiger partial charge in [-0.2, -0.15) is 9.97 Å². The summed E-state index contributed by atoms with van der Waals surface area (Å²) in [7, 11) is -1.25. The van der Waals surface area contributed by atoms with Crippen molar-refractivity contribution < 1.29 is 27.4 Å². The monoisotopic (exact) mass is 612 g/mol. The quantitative estimate of drug-likeness (QED) is 0.244. The highest BCUT2D eigenvalue weighted by Crippen LogP contribution is 2.26. The lowest BCUT2D eigenvalue weighted by molar-refractivity contribution is 0.102. The lowest BCUT2D eigenvalue weighted by Gasteiger charge is -2.13. The Balaban J connectivity index is 1.44. The van der Waals surface area contributed by atoms with Crippen molar-refractivity contribution in [3.05, 3.63) is 94.5 Å². The molecular formula is C27H25BrN4O6S. The zero-order valence-electron chi connectivity index (χ0n) is 21.0. The van der Waals surface area contributed by atoms with Crippen LogP contribution < -0.4 is 24.2 Å². The van der Waals surface area contributed by atoms with E-state index in [2.05, 4.69) is 35.9 Å². The first kappa shape index (κ1) is 27.9. The summed E-state index contributed by atoms with van der Waals surface area (Å²) in [5.41, 5.74) is 1.87. The number of methoxy groups -OCH3 is 2. The van der Waals surface area contributed by atoms with Crippen LogP contribution in [0, 0.1) is 0 Å². The number of amides is 1. The standard InChI is InChI=1S/C27H25BrN4O6S/c1-36-25-17-24(30-27(31-25)37-2)32-39(34,35)21-11-9-20(10-12-21)29-26(33)22-16-19(28)8-13-23(22)38-15-14-18-6-4-3-5-7-18/h3-13,16-17H,14-15H2,1-2H3,(H,29,33)(H,30,31,32). The minimum absolute atomic E-state index is 0.0227. The smallest absolute Gasteiger partial charge is 0.321 e. The number of halogens is 1. The van der Waals surface area contributed by atoms with E-state index in [1.165, 1.54) is 44.6 Å². The molecule has 12 heteroatoms. The SMILES string of the molecule is COc1cc(NS(=O)(=O)c2ccc(NC(=O)c3cc(Br)ccc3OCCc3ccccc3)cc2)nc(OC)n1. The van der Waals surface area contributed by atoms with Gasteiger partial charge in [0, 0.05) is 22.6 Å². The van der Waals surface area contributed by atoms with Gasteiger partial charge in [-0.1, -0.05) is 46.3 Å². The van der Waals surface area contributed by atoms with E-state index in [1.54, 1.807) is 18.2 Å². The van der Waals surface area contributed by atoms with Gasteiger partial charge in [-0.25, -0.2) is 8.42 Å². The van der Waals surface area contributed by atoms with Gasteiger partial charge in [0.25, 0.3) is 15.9 Å². The summed E-state index contributed by atoms with van der Waals surface area (Å²) in [5.74, 6) is 0.143. The molecule has 39 heavy (non-hydrogen) atoms. The summed E-state index contributed by atoms with van der Waals surface area (Å²) in [6, 6.07) is 22.1. The Kier molecular flexibility index (Phi) is 8.99. The molecule has 202 valence electrons. The van der Waals surface area contributed by atoms with Crippen molar-refractivity contribution in [1.82, 2.24) is 9.97 Å². The molecule has 1 aromatic heterocycles. The molecule has 0 atom stereocenters. The van der Waals surface area contributed by atoms with Crippen LogP contribution in [0.15, 0.2) is 88.2 Å². The van der Waals surface area contributed by atoms with Crippen molar-refractivity contribution >= 4 is 43.4 Å². The van der Waals surface area contributed by atoms with Gasteiger partial charge in [0.05, 0.1) is 31.3 Å². The minimum atomic E-state index is -4.00. The van der Waals surface area contributed by atoms with Gasteiger partial charge in [0.2, 0.25) is 5.88 Å². The molecule has 0 saturated carbocycles. The fraction of sp³-hybridized carbons (Fsp3) is 0.148. The van der Waals surface area contributed by atoms with Crippen LogP contribution in [0.1, 0.15) is 15.9 Å². The normalized spacial score (nSPS) is 10.9. The van der Waals surface area contributed by atoms with E-state index in [9.17, 15) is 13.2 Å².